The smallest absolute Gasteiger partial charge is 0.384 e. The predicted octanol–water partition coefficient (Wildman–Crippen LogP) is 5.76. The second-order valence-corrected chi connectivity index (χ2v) is 7.09. The Morgan fingerprint density at radius 3 is 1.42 bits per heavy atom. The fourth-order valence-electron chi connectivity index (χ4n) is 2.30. The summed E-state index contributed by atoms with van der Waals surface area (Å²) in [7, 11) is 0. The first-order valence-corrected chi connectivity index (χ1v) is 8.09. The van der Waals surface area contributed by atoms with Crippen molar-refractivity contribution in [3.63, 3.8) is 0 Å². The van der Waals surface area contributed by atoms with E-state index in [1.807, 2.05) is 0 Å². The van der Waals surface area contributed by atoms with E-state index in [1.54, 1.807) is 0 Å². The van der Waals surface area contributed by atoms with Crippen LogP contribution >= 0.6 is 22.6 Å². The van der Waals surface area contributed by atoms with Gasteiger partial charge in [-0.1, -0.05) is 6.42 Å². The quantitative estimate of drug-likeness (QED) is 0.269. The van der Waals surface area contributed by atoms with Gasteiger partial charge >= 0.3 is 29.6 Å². The lowest BCUT2D eigenvalue weighted by atomic mass is 9.72. The monoisotopic (exact) mass is 520 g/mol. The molecule has 0 aromatic carbocycles. The van der Waals surface area contributed by atoms with Crippen LogP contribution in [0.1, 0.15) is 25.7 Å². The van der Waals surface area contributed by atoms with Crippen molar-refractivity contribution < 1.29 is 53.4 Å². The molecule has 1 N–H and O–H groups in total. The Morgan fingerprint density at radius 1 is 0.654 bits per heavy atom. The molecule has 0 aromatic heterocycles. The van der Waals surface area contributed by atoms with Gasteiger partial charge in [0.15, 0.2) is 0 Å². The van der Waals surface area contributed by atoms with Gasteiger partial charge in [-0.15, -0.1) is 0 Å². The number of hydrogen-bond acceptors (Lipinski definition) is 1. The predicted molar refractivity (Wildman–Crippen MR) is 76.2 cm³/mol. The first-order chi connectivity index (χ1) is 11.5. The van der Waals surface area contributed by atoms with Crippen LogP contribution in [0, 0.1) is 0 Å². The Bertz CT molecular complexity index is 528. The summed E-state index contributed by atoms with van der Waals surface area (Å²) in [6.45, 7) is -0.281. The van der Waals surface area contributed by atoms with Crippen molar-refractivity contribution in [3.8, 4) is 0 Å². The third kappa shape index (κ3) is 2.91. The number of rotatable bonds is 6. The maximum atomic E-state index is 14.4. The van der Waals surface area contributed by atoms with Gasteiger partial charge in [-0.25, -0.2) is 4.39 Å². The maximum absolute atomic E-state index is 14.4. The van der Waals surface area contributed by atoms with Gasteiger partial charge < -0.3 is 5.11 Å². The molecule has 0 radical (unpaired) electrons. The summed E-state index contributed by atoms with van der Waals surface area (Å²) in [5.41, 5.74) is -6.05. The molecule has 0 aliphatic heterocycles. The molecule has 1 aliphatic rings. The summed E-state index contributed by atoms with van der Waals surface area (Å²) in [5.74, 6) is -35.0. The van der Waals surface area contributed by atoms with E-state index in [2.05, 4.69) is 0 Å². The molecule has 1 nitrogen and oxygen atoms in total. The number of hydrogen-bond donors (Lipinski definition) is 1. The third-order valence-corrected chi connectivity index (χ3v) is 4.77. The molecule has 0 unspecified atom stereocenters. The highest BCUT2D eigenvalue weighted by Gasteiger charge is 3.00. The van der Waals surface area contributed by atoms with E-state index in [0.717, 1.165) is 22.6 Å². The zero-order valence-electron chi connectivity index (χ0n) is 12.6. The molecule has 13 heteroatoms. The van der Waals surface area contributed by atoms with E-state index in [-0.39, 0.29) is 25.9 Å². The van der Waals surface area contributed by atoms with Gasteiger partial charge in [-0.2, -0.15) is 43.9 Å². The van der Waals surface area contributed by atoms with Gasteiger partial charge in [0.05, 0.1) is 0 Å². The molecular formula is C13H12F11IO. The maximum Gasteiger partial charge on any atom is 0.384 e. The fourth-order valence-corrected chi connectivity index (χ4v) is 3.11. The summed E-state index contributed by atoms with van der Waals surface area (Å²) < 4.78 is 148. The number of unbranched alkanes of at least 4 members (excludes halogenated alkanes) is 2. The van der Waals surface area contributed by atoms with Crippen molar-refractivity contribution >= 4 is 22.6 Å². The fraction of sp³-hybridized carbons (Fsp3) is 0.846. The summed E-state index contributed by atoms with van der Waals surface area (Å²) in [6.07, 6.45) is -0.909. The third-order valence-electron chi connectivity index (χ3n) is 3.92. The van der Waals surface area contributed by atoms with Crippen LogP contribution in [0.15, 0.2) is 9.66 Å². The second kappa shape index (κ2) is 6.92. The molecule has 0 spiro atoms. The van der Waals surface area contributed by atoms with E-state index in [9.17, 15) is 48.3 Å². The van der Waals surface area contributed by atoms with Crippen LogP contribution < -0.4 is 0 Å². The Morgan fingerprint density at radius 2 is 1.04 bits per heavy atom. The number of aliphatic hydroxyl groups is 1. The lowest BCUT2D eigenvalue weighted by molar-refractivity contribution is -0.476. The van der Waals surface area contributed by atoms with Crippen LogP contribution in [0.2, 0.25) is 0 Å². The van der Waals surface area contributed by atoms with E-state index >= 15 is 0 Å². The molecule has 0 saturated heterocycles. The van der Waals surface area contributed by atoms with Crippen molar-refractivity contribution in [1.82, 2.24) is 0 Å². The topological polar surface area (TPSA) is 20.2 Å². The van der Waals surface area contributed by atoms with Crippen molar-refractivity contribution in [3.05, 3.63) is 9.66 Å². The number of aliphatic hydroxyl groups excluding tert-OH is 1. The Labute approximate surface area is 153 Å². The molecule has 0 bridgehead atoms. The van der Waals surface area contributed by atoms with Crippen molar-refractivity contribution in [2.75, 3.05) is 6.61 Å². The van der Waals surface area contributed by atoms with Gasteiger partial charge in [-0.05, 0) is 51.5 Å². The zero-order chi connectivity index (χ0) is 20.8. The number of alkyl halides is 11. The van der Waals surface area contributed by atoms with Crippen LogP contribution in [-0.2, 0) is 0 Å². The van der Waals surface area contributed by atoms with Crippen LogP contribution in [0.5, 0.6) is 0 Å². The molecular weight excluding hydrogens is 508 g/mol. The molecule has 154 valence electrons. The largest absolute Gasteiger partial charge is 0.396 e. The van der Waals surface area contributed by atoms with Crippen molar-refractivity contribution in [2.24, 2.45) is 0 Å². The lowest BCUT2D eigenvalue weighted by Gasteiger charge is -2.51. The molecule has 1 saturated carbocycles. The van der Waals surface area contributed by atoms with E-state index < -0.39 is 51.4 Å². The van der Waals surface area contributed by atoms with Crippen LogP contribution in [0.4, 0.5) is 48.3 Å². The highest BCUT2D eigenvalue weighted by atomic mass is 127. The molecule has 0 atom stereocenters. The minimum Gasteiger partial charge on any atom is -0.396 e. The molecule has 0 heterocycles. The summed E-state index contributed by atoms with van der Waals surface area (Å²) >= 11 is 0.986. The minimum absolute atomic E-state index is 0.00843. The average molecular weight is 520 g/mol. The highest BCUT2D eigenvalue weighted by Crippen LogP contribution is 2.69. The Kier molecular flexibility index (Phi) is 6.31. The molecule has 1 rings (SSSR count). The molecule has 0 aromatic rings. The molecule has 1 fully saturated rings. The van der Waals surface area contributed by atoms with E-state index in [0.29, 0.717) is 0 Å². The van der Waals surface area contributed by atoms with Gasteiger partial charge in [0, 0.05) is 6.61 Å². The highest BCUT2D eigenvalue weighted by molar-refractivity contribution is 14.1. The first-order valence-electron chi connectivity index (χ1n) is 7.01. The molecule has 1 aliphatic carbocycles. The number of allylic oxidation sites excluding steroid dienone is 2. The van der Waals surface area contributed by atoms with Gasteiger partial charge in [-0.3, -0.25) is 0 Å². The average Bonchev–Trinajstić information content (AvgIpc) is 2.49. The van der Waals surface area contributed by atoms with E-state index in [4.69, 9.17) is 5.11 Å². The van der Waals surface area contributed by atoms with Gasteiger partial charge in [0.2, 0.25) is 0 Å². The van der Waals surface area contributed by atoms with E-state index in [1.165, 1.54) is 0 Å². The van der Waals surface area contributed by atoms with Crippen molar-refractivity contribution in [1.29, 1.82) is 0 Å². The lowest BCUT2D eigenvalue weighted by Crippen LogP contribution is -2.83. The van der Waals surface area contributed by atoms with Crippen LogP contribution in [0.3, 0.4) is 0 Å². The normalized spacial score (nSPS) is 28.0. The van der Waals surface area contributed by atoms with Crippen molar-refractivity contribution in [2.45, 2.75) is 61.0 Å². The Balaban J connectivity index is 3.46. The summed E-state index contributed by atoms with van der Waals surface area (Å²) in [6, 6.07) is 0. The number of halogens is 12. The summed E-state index contributed by atoms with van der Waals surface area (Å²) in [4.78, 5) is 0. The zero-order valence-corrected chi connectivity index (χ0v) is 14.8. The van der Waals surface area contributed by atoms with Crippen LogP contribution in [0.25, 0.3) is 0 Å². The second-order valence-electron chi connectivity index (χ2n) is 5.71. The molecule has 26 heavy (non-hydrogen) atoms. The first kappa shape index (κ1) is 23.7. The molecule has 0 amide bonds. The van der Waals surface area contributed by atoms with Gasteiger partial charge in [0.25, 0.3) is 5.67 Å². The van der Waals surface area contributed by atoms with Crippen LogP contribution in [-0.4, -0.2) is 47.0 Å². The Hall–Kier alpha value is -0.340. The standard InChI is InChI=1S/C13H12F11IO/c14-8(6-7(25)4-2-1-3-5-26)9(15,16)11(19,20)13(23,24)12(21,22)10(8,17)18/h6,26H,1-5H2. The summed E-state index contributed by atoms with van der Waals surface area (Å²) in [5, 5.41) is 8.52. The SMILES string of the molecule is OCCCCCC(I)=CC1(F)C(F)(F)C(F)(F)C(F)(F)C(F)(F)C1(F)F. The van der Waals surface area contributed by atoms with Gasteiger partial charge in [0.1, 0.15) is 0 Å². The minimum atomic E-state index is -7.19.